The Bertz CT molecular complexity index is 543. The Kier molecular flexibility index (Phi) is 11.5. The van der Waals surface area contributed by atoms with Crippen molar-refractivity contribution in [1.29, 1.82) is 0 Å². The van der Waals surface area contributed by atoms with Crippen molar-refractivity contribution in [1.82, 2.24) is 4.72 Å². The van der Waals surface area contributed by atoms with Gasteiger partial charge in [0.2, 0.25) is 0 Å². The molecule has 0 rings (SSSR count). The Morgan fingerprint density at radius 2 is 1.33 bits per heavy atom. The summed E-state index contributed by atoms with van der Waals surface area (Å²) in [7, 11) is -3.27. The molecule has 0 aliphatic heterocycles. The fourth-order valence-corrected chi connectivity index (χ4v) is 10.6. The van der Waals surface area contributed by atoms with Crippen LogP contribution in [0.2, 0.25) is 16.6 Å². The predicted molar refractivity (Wildman–Crippen MR) is 131 cm³/mol. The van der Waals surface area contributed by atoms with Gasteiger partial charge in [-0.2, -0.15) is 0 Å². The minimum absolute atomic E-state index is 0.272. The molecule has 7 heteroatoms. The zero-order chi connectivity index (χ0) is 24.1. The van der Waals surface area contributed by atoms with Crippen molar-refractivity contribution in [3.05, 3.63) is 0 Å². The van der Waals surface area contributed by atoms with Crippen LogP contribution in [-0.4, -0.2) is 41.5 Å². The second-order valence-electron chi connectivity index (χ2n) is 11.4. The Morgan fingerprint density at radius 3 is 1.67 bits per heavy atom. The molecule has 0 amide bonds. The molecule has 0 radical (unpaired) electrons. The summed E-state index contributed by atoms with van der Waals surface area (Å²) in [4.78, 5) is 12.7. The van der Waals surface area contributed by atoms with Crippen molar-refractivity contribution in [2.75, 3.05) is 6.61 Å². The predicted octanol–water partition coefficient (Wildman–Crippen LogP) is 5.97. The third-order valence-corrected chi connectivity index (χ3v) is 13.4. The van der Waals surface area contributed by atoms with E-state index in [1.54, 1.807) is 0 Å². The van der Waals surface area contributed by atoms with Crippen LogP contribution in [0.25, 0.3) is 0 Å². The molecule has 5 nitrogen and oxygen atoms in total. The van der Waals surface area contributed by atoms with Gasteiger partial charge in [-0.1, -0.05) is 48.5 Å². The number of ether oxygens (including phenoxy) is 1. The first-order valence-electron chi connectivity index (χ1n) is 11.4. The van der Waals surface area contributed by atoms with Crippen molar-refractivity contribution in [2.24, 2.45) is 5.92 Å². The standard InChI is InChI=1S/C23H49NO4SSi/c1-16(2)30(17(3)4,18(5)6)27-15-14-20(24-29(26)23(11,12)13)19(7)21(25)28-22(8,9)10/h16-20,24H,14-15H2,1-13H3/t19-,20-,29+/m0/s1. The van der Waals surface area contributed by atoms with Crippen LogP contribution in [-0.2, 0) is 24.9 Å². The van der Waals surface area contributed by atoms with Gasteiger partial charge in [-0.25, -0.2) is 8.93 Å². The monoisotopic (exact) mass is 463 g/mol. The molecule has 0 heterocycles. The Morgan fingerprint density at radius 1 is 0.900 bits per heavy atom. The zero-order valence-electron chi connectivity index (χ0n) is 21.8. The lowest BCUT2D eigenvalue weighted by molar-refractivity contribution is -0.160. The van der Waals surface area contributed by atoms with E-state index in [9.17, 15) is 9.00 Å². The SMILES string of the molecule is CC(C)[Si](OCC[C@H](N[S@](=O)C(C)(C)C)[C@H](C)C(=O)OC(C)(C)C)(C(C)C)C(C)C. The highest BCUT2D eigenvalue weighted by atomic mass is 32.2. The van der Waals surface area contributed by atoms with Gasteiger partial charge in [0, 0.05) is 12.6 Å². The third kappa shape index (κ3) is 8.71. The normalized spacial score (nSPS) is 16.8. The number of rotatable bonds is 11. The summed E-state index contributed by atoms with van der Waals surface area (Å²) in [5.41, 5.74) is 0.938. The molecule has 0 spiro atoms. The van der Waals surface area contributed by atoms with Gasteiger partial charge in [0.05, 0.1) is 21.7 Å². The average Bonchev–Trinajstić information content (AvgIpc) is 2.53. The molecule has 30 heavy (non-hydrogen) atoms. The van der Waals surface area contributed by atoms with Gasteiger partial charge in [-0.15, -0.1) is 0 Å². The van der Waals surface area contributed by atoms with E-state index in [4.69, 9.17) is 9.16 Å². The molecule has 0 aliphatic rings. The van der Waals surface area contributed by atoms with E-state index < -0.39 is 35.6 Å². The zero-order valence-corrected chi connectivity index (χ0v) is 23.7. The third-order valence-electron chi connectivity index (χ3n) is 5.68. The van der Waals surface area contributed by atoms with Crippen LogP contribution in [0.4, 0.5) is 0 Å². The van der Waals surface area contributed by atoms with Crippen LogP contribution in [0.1, 0.15) is 96.4 Å². The summed E-state index contributed by atoms with van der Waals surface area (Å²) < 4.78 is 27.9. The van der Waals surface area contributed by atoms with Gasteiger partial charge in [0.25, 0.3) is 0 Å². The molecule has 0 aliphatic carbocycles. The van der Waals surface area contributed by atoms with E-state index in [0.717, 1.165) is 0 Å². The highest BCUT2D eigenvalue weighted by Crippen LogP contribution is 2.42. The lowest BCUT2D eigenvalue weighted by atomic mass is 10.00. The van der Waals surface area contributed by atoms with Crippen LogP contribution in [0.5, 0.6) is 0 Å². The summed E-state index contributed by atoms with van der Waals surface area (Å²) in [6.45, 7) is 27.4. The molecule has 0 saturated carbocycles. The van der Waals surface area contributed by atoms with Crippen molar-refractivity contribution in [3.8, 4) is 0 Å². The van der Waals surface area contributed by atoms with E-state index in [0.29, 0.717) is 29.7 Å². The molecule has 0 saturated heterocycles. The average molecular weight is 464 g/mol. The smallest absolute Gasteiger partial charge is 0.310 e. The second-order valence-corrected chi connectivity index (χ2v) is 18.8. The van der Waals surface area contributed by atoms with Crippen molar-refractivity contribution < 1.29 is 18.2 Å². The molecular weight excluding hydrogens is 414 g/mol. The maximum absolute atomic E-state index is 12.8. The van der Waals surface area contributed by atoms with E-state index in [1.807, 2.05) is 48.5 Å². The maximum Gasteiger partial charge on any atom is 0.310 e. The molecule has 180 valence electrons. The molecule has 0 bridgehead atoms. The lowest BCUT2D eigenvalue weighted by Gasteiger charge is -2.42. The summed E-state index contributed by atoms with van der Waals surface area (Å²) >= 11 is 0. The number of carbonyl (C=O) groups is 1. The molecule has 3 atom stereocenters. The van der Waals surface area contributed by atoms with Gasteiger partial charge >= 0.3 is 5.97 Å². The summed E-state index contributed by atoms with van der Waals surface area (Å²) in [6.07, 6.45) is 0.614. The van der Waals surface area contributed by atoms with E-state index >= 15 is 0 Å². The Hall–Kier alpha value is -0.243. The van der Waals surface area contributed by atoms with Crippen molar-refractivity contribution in [2.45, 2.75) is 129 Å². The van der Waals surface area contributed by atoms with Gasteiger partial charge in [0.1, 0.15) is 5.60 Å². The molecule has 0 aromatic carbocycles. The topological polar surface area (TPSA) is 64.6 Å². The molecule has 0 aromatic heterocycles. The molecule has 0 unspecified atom stereocenters. The second kappa shape index (κ2) is 11.6. The highest BCUT2D eigenvalue weighted by molar-refractivity contribution is 7.84. The van der Waals surface area contributed by atoms with Gasteiger partial charge in [0.15, 0.2) is 8.32 Å². The van der Waals surface area contributed by atoms with Crippen molar-refractivity contribution >= 4 is 25.3 Å². The van der Waals surface area contributed by atoms with Crippen molar-refractivity contribution in [3.63, 3.8) is 0 Å². The fourth-order valence-electron chi connectivity index (χ4n) is 4.15. The highest BCUT2D eigenvalue weighted by Gasteiger charge is 2.45. The summed E-state index contributed by atoms with van der Waals surface area (Å²) in [5, 5.41) is 0. The maximum atomic E-state index is 12.8. The number of nitrogens with one attached hydrogen (secondary N) is 1. The summed E-state index contributed by atoms with van der Waals surface area (Å²) in [5.74, 6) is -0.696. The first-order valence-corrected chi connectivity index (χ1v) is 14.7. The van der Waals surface area contributed by atoms with E-state index in [-0.39, 0.29) is 12.0 Å². The van der Waals surface area contributed by atoms with E-state index in [2.05, 4.69) is 46.3 Å². The van der Waals surface area contributed by atoms with Crippen LogP contribution in [0.15, 0.2) is 0 Å². The van der Waals surface area contributed by atoms with Gasteiger partial charge in [-0.3, -0.25) is 4.79 Å². The van der Waals surface area contributed by atoms with Crippen LogP contribution in [0.3, 0.4) is 0 Å². The largest absolute Gasteiger partial charge is 0.460 e. The molecule has 1 N–H and O–H groups in total. The number of hydrogen-bond acceptors (Lipinski definition) is 4. The van der Waals surface area contributed by atoms with Crippen LogP contribution >= 0.6 is 0 Å². The number of hydrogen-bond donors (Lipinski definition) is 1. The molecule has 0 aromatic rings. The van der Waals surface area contributed by atoms with E-state index in [1.165, 1.54) is 0 Å². The van der Waals surface area contributed by atoms with Gasteiger partial charge < -0.3 is 9.16 Å². The number of esters is 1. The number of carbonyl (C=O) groups excluding carboxylic acids is 1. The quantitative estimate of drug-likeness (QED) is 0.303. The van der Waals surface area contributed by atoms with Crippen LogP contribution in [0, 0.1) is 5.92 Å². The first-order chi connectivity index (χ1) is 13.4. The lowest BCUT2D eigenvalue weighted by Crippen LogP contribution is -2.50. The summed E-state index contributed by atoms with van der Waals surface area (Å²) in [6, 6.07) is -0.280. The minimum atomic E-state index is -1.99. The van der Waals surface area contributed by atoms with Gasteiger partial charge in [-0.05, 0) is 64.6 Å². The molecular formula is C23H49NO4SSi. The Balaban J connectivity index is 5.53. The molecule has 0 fully saturated rings. The Labute approximate surface area is 190 Å². The van der Waals surface area contributed by atoms with Crippen LogP contribution < -0.4 is 4.72 Å². The fraction of sp³-hybridized carbons (Fsp3) is 0.957. The minimum Gasteiger partial charge on any atom is -0.460 e. The first kappa shape index (κ1) is 29.8.